The summed E-state index contributed by atoms with van der Waals surface area (Å²) in [6.07, 6.45) is 1.70. The number of hydrogen-bond acceptors (Lipinski definition) is 7. The Morgan fingerprint density at radius 2 is 2.04 bits per heavy atom. The van der Waals surface area contributed by atoms with E-state index in [0.29, 0.717) is 18.3 Å². The Balaban J connectivity index is 1.54. The van der Waals surface area contributed by atoms with Crippen molar-refractivity contribution in [3.8, 4) is 5.75 Å². The number of nitrogens with one attached hydrogen (secondary N) is 3. The number of fused-ring (bicyclic) bond motifs is 1. The van der Waals surface area contributed by atoms with Gasteiger partial charge in [0.2, 0.25) is 5.95 Å². The van der Waals surface area contributed by atoms with Crippen molar-refractivity contribution in [1.82, 2.24) is 20.2 Å². The summed E-state index contributed by atoms with van der Waals surface area (Å²) in [6, 6.07) is 5.80. The van der Waals surface area contributed by atoms with Crippen LogP contribution in [0.1, 0.15) is 5.56 Å². The zero-order valence-corrected chi connectivity index (χ0v) is 15.5. The second-order valence-corrected chi connectivity index (χ2v) is 6.68. The van der Waals surface area contributed by atoms with Gasteiger partial charge in [0.05, 0.1) is 12.8 Å². The fourth-order valence-corrected chi connectivity index (χ4v) is 3.20. The highest BCUT2D eigenvalue weighted by Gasteiger charge is 2.18. The van der Waals surface area contributed by atoms with E-state index in [9.17, 15) is 4.79 Å². The summed E-state index contributed by atoms with van der Waals surface area (Å²) in [4.78, 5) is 24.9. The van der Waals surface area contributed by atoms with Gasteiger partial charge in [0.1, 0.15) is 11.6 Å². The number of piperazine rings is 1. The number of urea groups is 1. The zero-order chi connectivity index (χ0) is 18.8. The van der Waals surface area contributed by atoms with E-state index in [4.69, 9.17) is 4.74 Å². The van der Waals surface area contributed by atoms with Crippen molar-refractivity contribution < 1.29 is 9.53 Å². The Hall–Kier alpha value is -3.07. The highest BCUT2D eigenvalue weighted by molar-refractivity contribution is 5.91. The predicted molar refractivity (Wildman–Crippen MR) is 104 cm³/mol. The number of hydrogen-bond donors (Lipinski definition) is 3. The normalized spacial score (nSPS) is 17.0. The molecule has 0 bridgehead atoms. The molecule has 0 radical (unpaired) electrons. The van der Waals surface area contributed by atoms with Crippen LogP contribution in [0.4, 0.5) is 27.9 Å². The molecule has 9 nitrogen and oxygen atoms in total. The first-order valence-corrected chi connectivity index (χ1v) is 8.92. The molecule has 3 heterocycles. The van der Waals surface area contributed by atoms with Crippen LogP contribution in [0.5, 0.6) is 5.75 Å². The molecule has 1 fully saturated rings. The van der Waals surface area contributed by atoms with Crippen LogP contribution in [0.25, 0.3) is 0 Å². The van der Waals surface area contributed by atoms with Crippen molar-refractivity contribution in [3.05, 3.63) is 30.0 Å². The first-order valence-electron chi connectivity index (χ1n) is 8.92. The maximum Gasteiger partial charge on any atom is 0.320 e. The average Bonchev–Trinajstić information content (AvgIpc) is 2.68. The van der Waals surface area contributed by atoms with E-state index < -0.39 is 0 Å². The van der Waals surface area contributed by atoms with Gasteiger partial charge in [0.25, 0.3) is 0 Å². The summed E-state index contributed by atoms with van der Waals surface area (Å²) in [5, 5.41) is 8.55. The van der Waals surface area contributed by atoms with E-state index in [2.05, 4.69) is 48.8 Å². The fraction of sp³-hybridized carbons (Fsp3) is 0.389. The summed E-state index contributed by atoms with van der Waals surface area (Å²) in [6.45, 7) is 4.50. The number of amides is 2. The number of rotatable bonds is 4. The standard InChI is InChI=1S/C18H23N7O2/c1-24-5-7-25(8-6-24)13-3-4-14(15(9-13)27-2)21-17-19-10-12-11-20-18(26)23-16(12)22-17/h3-4,9-10H,5-8,11H2,1-2H3,(H3,19,20,21,22,23,26). The molecule has 0 saturated carbocycles. The molecule has 27 heavy (non-hydrogen) atoms. The highest BCUT2D eigenvalue weighted by atomic mass is 16.5. The van der Waals surface area contributed by atoms with E-state index in [1.807, 2.05) is 12.1 Å². The summed E-state index contributed by atoms with van der Waals surface area (Å²) >= 11 is 0. The first kappa shape index (κ1) is 17.3. The van der Waals surface area contributed by atoms with Crippen LogP contribution in [-0.4, -0.2) is 61.2 Å². The molecule has 2 aliphatic heterocycles. The third-order valence-corrected chi connectivity index (χ3v) is 4.84. The Bertz CT molecular complexity index is 850. The summed E-state index contributed by atoms with van der Waals surface area (Å²) in [5.41, 5.74) is 2.75. The van der Waals surface area contributed by atoms with E-state index in [1.54, 1.807) is 13.3 Å². The Morgan fingerprint density at radius 3 is 2.81 bits per heavy atom. The average molecular weight is 369 g/mol. The predicted octanol–water partition coefficient (Wildman–Crippen LogP) is 1.62. The molecule has 0 spiro atoms. The number of ether oxygens (including phenoxy) is 1. The molecule has 0 unspecified atom stereocenters. The van der Waals surface area contributed by atoms with Gasteiger partial charge in [-0.1, -0.05) is 0 Å². The molecule has 4 rings (SSSR count). The van der Waals surface area contributed by atoms with Crippen molar-refractivity contribution in [2.45, 2.75) is 6.54 Å². The lowest BCUT2D eigenvalue weighted by molar-refractivity contribution is 0.250. The minimum absolute atomic E-state index is 0.263. The third kappa shape index (κ3) is 3.72. The van der Waals surface area contributed by atoms with E-state index in [1.165, 1.54) is 0 Å². The van der Waals surface area contributed by atoms with Gasteiger partial charge in [-0.15, -0.1) is 0 Å². The summed E-state index contributed by atoms with van der Waals surface area (Å²) < 4.78 is 5.56. The number of likely N-dealkylation sites (N-methyl/N-ethyl adjacent to an activating group) is 1. The number of methoxy groups -OCH3 is 1. The maximum atomic E-state index is 11.5. The SMILES string of the molecule is COc1cc(N2CCN(C)CC2)ccc1Nc1ncc2c(n1)NC(=O)NC2. The van der Waals surface area contributed by atoms with Gasteiger partial charge in [0, 0.05) is 56.2 Å². The molecule has 2 amide bonds. The van der Waals surface area contributed by atoms with Crippen LogP contribution >= 0.6 is 0 Å². The summed E-state index contributed by atoms with van der Waals surface area (Å²) in [5.74, 6) is 1.64. The number of anilines is 4. The molecule has 1 saturated heterocycles. The first-order chi connectivity index (χ1) is 13.1. The second kappa shape index (κ2) is 7.28. The van der Waals surface area contributed by atoms with Crippen molar-refractivity contribution >= 4 is 29.2 Å². The Labute approximate surface area is 157 Å². The lowest BCUT2D eigenvalue weighted by atomic mass is 10.2. The van der Waals surface area contributed by atoms with Crippen molar-refractivity contribution in [1.29, 1.82) is 0 Å². The van der Waals surface area contributed by atoms with Crippen molar-refractivity contribution in [2.75, 3.05) is 55.9 Å². The van der Waals surface area contributed by atoms with Crippen LogP contribution in [0.2, 0.25) is 0 Å². The Kier molecular flexibility index (Phi) is 4.68. The fourth-order valence-electron chi connectivity index (χ4n) is 3.20. The molecule has 3 N–H and O–H groups in total. The third-order valence-electron chi connectivity index (χ3n) is 4.84. The summed E-state index contributed by atoms with van der Waals surface area (Å²) in [7, 11) is 3.79. The lowest BCUT2D eigenvalue weighted by Gasteiger charge is -2.34. The van der Waals surface area contributed by atoms with Gasteiger partial charge in [-0.2, -0.15) is 4.98 Å². The van der Waals surface area contributed by atoms with Crippen LogP contribution in [0, 0.1) is 0 Å². The van der Waals surface area contributed by atoms with Gasteiger partial charge < -0.3 is 25.2 Å². The molecule has 1 aromatic carbocycles. The topological polar surface area (TPSA) is 94.7 Å². The smallest absolute Gasteiger partial charge is 0.320 e. The molecule has 2 aliphatic rings. The van der Waals surface area contributed by atoms with Gasteiger partial charge in [-0.25, -0.2) is 9.78 Å². The number of carbonyl (C=O) groups excluding carboxylic acids is 1. The maximum absolute atomic E-state index is 11.5. The van der Waals surface area contributed by atoms with Crippen LogP contribution < -0.4 is 25.6 Å². The zero-order valence-electron chi connectivity index (χ0n) is 15.5. The number of aromatic nitrogens is 2. The number of benzene rings is 1. The molecular weight excluding hydrogens is 346 g/mol. The number of nitrogens with zero attached hydrogens (tertiary/aromatic N) is 4. The quantitative estimate of drug-likeness (QED) is 0.754. The monoisotopic (exact) mass is 369 g/mol. The van der Waals surface area contributed by atoms with Crippen molar-refractivity contribution in [2.24, 2.45) is 0 Å². The van der Waals surface area contributed by atoms with Crippen LogP contribution in [-0.2, 0) is 6.54 Å². The van der Waals surface area contributed by atoms with Crippen molar-refractivity contribution in [3.63, 3.8) is 0 Å². The minimum atomic E-state index is -0.263. The van der Waals surface area contributed by atoms with Gasteiger partial charge in [-0.05, 0) is 19.2 Å². The van der Waals surface area contributed by atoms with Gasteiger partial charge in [0.15, 0.2) is 0 Å². The van der Waals surface area contributed by atoms with E-state index in [-0.39, 0.29) is 6.03 Å². The second-order valence-electron chi connectivity index (χ2n) is 6.68. The number of carbonyl (C=O) groups is 1. The molecular formula is C18H23N7O2. The Morgan fingerprint density at radius 1 is 1.22 bits per heavy atom. The van der Waals surface area contributed by atoms with Crippen LogP contribution in [0.3, 0.4) is 0 Å². The highest BCUT2D eigenvalue weighted by Crippen LogP contribution is 2.32. The van der Waals surface area contributed by atoms with Gasteiger partial charge in [-0.3, -0.25) is 5.32 Å². The molecule has 9 heteroatoms. The van der Waals surface area contributed by atoms with E-state index in [0.717, 1.165) is 48.9 Å². The molecule has 0 atom stereocenters. The largest absolute Gasteiger partial charge is 0.494 e. The molecule has 1 aromatic heterocycles. The lowest BCUT2D eigenvalue weighted by Crippen LogP contribution is -2.44. The van der Waals surface area contributed by atoms with E-state index >= 15 is 0 Å². The molecule has 142 valence electrons. The minimum Gasteiger partial charge on any atom is -0.494 e. The van der Waals surface area contributed by atoms with Gasteiger partial charge >= 0.3 is 6.03 Å². The molecule has 2 aromatic rings. The molecule has 0 aliphatic carbocycles. The van der Waals surface area contributed by atoms with Crippen LogP contribution in [0.15, 0.2) is 24.4 Å².